The summed E-state index contributed by atoms with van der Waals surface area (Å²) in [7, 11) is 1.38. The van der Waals surface area contributed by atoms with Gasteiger partial charge in [-0.05, 0) is 17.7 Å². The van der Waals surface area contributed by atoms with Crippen LogP contribution in [0.5, 0.6) is 0 Å². The Hall–Kier alpha value is -0.710. The Morgan fingerprint density at radius 2 is 1.85 bits per heavy atom. The topological polar surface area (TPSA) is 23.5 Å². The molecule has 1 N–H and O–H groups in total. The van der Waals surface area contributed by atoms with Crippen LogP contribution in [0.1, 0.15) is 5.56 Å². The highest BCUT2D eigenvalue weighted by atomic mass is 35.5. The number of nitrogens with zero attached hydrogens (tertiary/aromatic N) is 1. The summed E-state index contributed by atoms with van der Waals surface area (Å²) in [5.41, 5.74) is 0.324. The molecule has 0 fully saturated rings. The molecule has 0 amide bonds. The smallest absolute Gasteiger partial charge is 0.145 e. The van der Waals surface area contributed by atoms with Crippen LogP contribution in [0.2, 0.25) is 5.02 Å². The van der Waals surface area contributed by atoms with E-state index in [1.54, 1.807) is 0 Å². The molecule has 5 heteroatoms. The zero-order chi connectivity index (χ0) is 10.0. The minimum absolute atomic E-state index is 0.0466. The molecule has 0 heterocycles. The van der Waals surface area contributed by atoms with Crippen molar-refractivity contribution in [2.45, 2.75) is 6.54 Å². The van der Waals surface area contributed by atoms with Crippen LogP contribution in [-0.2, 0) is 6.54 Å². The summed E-state index contributed by atoms with van der Waals surface area (Å²) >= 11 is 5.26. The molecule has 0 bridgehead atoms. The third-order valence-electron chi connectivity index (χ3n) is 1.46. The van der Waals surface area contributed by atoms with Crippen molar-refractivity contribution in [3.63, 3.8) is 0 Å². The molecule has 13 heavy (non-hydrogen) atoms. The maximum absolute atomic E-state index is 12.8. The van der Waals surface area contributed by atoms with E-state index in [1.165, 1.54) is 7.05 Å². The molecule has 2 nitrogen and oxygen atoms in total. The van der Waals surface area contributed by atoms with Crippen molar-refractivity contribution in [2.75, 3.05) is 7.05 Å². The average Bonchev–Trinajstić information content (AvgIpc) is 1.98. The van der Waals surface area contributed by atoms with E-state index in [9.17, 15) is 8.78 Å². The van der Waals surface area contributed by atoms with E-state index >= 15 is 0 Å². The van der Waals surface area contributed by atoms with Gasteiger partial charge in [-0.15, -0.1) is 0 Å². The van der Waals surface area contributed by atoms with Crippen molar-refractivity contribution in [2.24, 2.45) is 0 Å². The summed E-state index contributed by atoms with van der Waals surface area (Å²) in [5, 5.41) is 9.11. The molecule has 1 aromatic rings. The fraction of sp³-hybridized carbons (Fsp3) is 0.250. The second kappa shape index (κ2) is 4.00. The van der Waals surface area contributed by atoms with Crippen molar-refractivity contribution in [3.8, 4) is 0 Å². The van der Waals surface area contributed by atoms with Gasteiger partial charge in [-0.2, -0.15) is 5.06 Å². The SMILES string of the molecule is CN(O)Cc1cc(F)c(Cl)c(F)c1. The van der Waals surface area contributed by atoms with Gasteiger partial charge in [0.15, 0.2) is 0 Å². The van der Waals surface area contributed by atoms with Crippen LogP contribution in [0.25, 0.3) is 0 Å². The summed E-state index contributed by atoms with van der Waals surface area (Å²) in [6.45, 7) is 0.0466. The molecule has 0 saturated carbocycles. The predicted octanol–water partition coefficient (Wildman–Crippen LogP) is 2.44. The van der Waals surface area contributed by atoms with Gasteiger partial charge in [0.2, 0.25) is 0 Å². The monoisotopic (exact) mass is 207 g/mol. The standard InChI is InChI=1S/C8H8ClF2NO/c1-12(13)4-5-2-6(10)8(9)7(11)3-5/h2-3,13H,4H2,1H3. The molecule has 0 aromatic heterocycles. The third-order valence-corrected chi connectivity index (χ3v) is 1.82. The van der Waals surface area contributed by atoms with Crippen LogP contribution in [-0.4, -0.2) is 17.3 Å². The van der Waals surface area contributed by atoms with Crippen LogP contribution in [0.4, 0.5) is 8.78 Å². The Morgan fingerprint density at radius 3 is 2.23 bits per heavy atom. The van der Waals surface area contributed by atoms with Crippen LogP contribution >= 0.6 is 11.6 Å². The molecule has 72 valence electrons. The first kappa shape index (κ1) is 10.4. The van der Waals surface area contributed by atoms with Crippen LogP contribution in [0.3, 0.4) is 0 Å². The van der Waals surface area contributed by atoms with E-state index in [0.29, 0.717) is 5.56 Å². The minimum atomic E-state index is -0.821. The minimum Gasteiger partial charge on any atom is -0.314 e. The lowest BCUT2D eigenvalue weighted by Crippen LogP contribution is -2.12. The fourth-order valence-corrected chi connectivity index (χ4v) is 1.07. The van der Waals surface area contributed by atoms with Gasteiger partial charge in [0.05, 0.1) is 0 Å². The molecule has 0 saturated heterocycles. The van der Waals surface area contributed by atoms with Crippen LogP contribution in [0.15, 0.2) is 12.1 Å². The van der Waals surface area contributed by atoms with Gasteiger partial charge in [-0.25, -0.2) is 8.78 Å². The van der Waals surface area contributed by atoms with Crippen molar-refractivity contribution in [3.05, 3.63) is 34.4 Å². The maximum atomic E-state index is 12.8. The zero-order valence-corrected chi connectivity index (χ0v) is 7.65. The highest BCUT2D eigenvalue weighted by Gasteiger charge is 2.09. The molecule has 1 rings (SSSR count). The van der Waals surface area contributed by atoms with Crippen molar-refractivity contribution in [1.82, 2.24) is 5.06 Å². The third kappa shape index (κ3) is 2.62. The Balaban J connectivity index is 2.99. The van der Waals surface area contributed by atoms with Gasteiger partial charge in [-0.1, -0.05) is 11.6 Å². The van der Waals surface area contributed by atoms with Gasteiger partial charge >= 0.3 is 0 Å². The molecule has 1 aromatic carbocycles. The van der Waals surface area contributed by atoms with Crippen molar-refractivity contribution < 1.29 is 14.0 Å². The van der Waals surface area contributed by atoms with E-state index < -0.39 is 16.7 Å². The van der Waals surface area contributed by atoms with Gasteiger partial charge in [0.1, 0.15) is 16.7 Å². The molecule has 0 unspecified atom stereocenters. The molecule has 0 aliphatic heterocycles. The lowest BCUT2D eigenvalue weighted by Gasteiger charge is -2.08. The number of rotatable bonds is 2. The number of hydrogen-bond donors (Lipinski definition) is 1. The second-order valence-corrected chi connectivity index (χ2v) is 3.07. The molecule has 0 radical (unpaired) electrons. The first-order valence-corrected chi connectivity index (χ1v) is 3.92. The van der Waals surface area contributed by atoms with Crippen molar-refractivity contribution >= 4 is 11.6 Å². The summed E-state index contributed by atoms with van der Waals surface area (Å²) < 4.78 is 25.6. The lowest BCUT2D eigenvalue weighted by atomic mass is 10.2. The summed E-state index contributed by atoms with van der Waals surface area (Å²) in [4.78, 5) is 0. The van der Waals surface area contributed by atoms with Crippen molar-refractivity contribution in [1.29, 1.82) is 0 Å². The normalized spacial score (nSPS) is 10.9. The van der Waals surface area contributed by atoms with Crippen LogP contribution in [0, 0.1) is 11.6 Å². The number of halogens is 3. The number of hydroxylamine groups is 2. The summed E-state index contributed by atoms with van der Waals surface area (Å²) in [5.74, 6) is -1.64. The second-order valence-electron chi connectivity index (χ2n) is 2.69. The van der Waals surface area contributed by atoms with E-state index in [1.807, 2.05) is 0 Å². The summed E-state index contributed by atoms with van der Waals surface area (Å²) in [6.07, 6.45) is 0. The molecule has 0 atom stereocenters. The average molecular weight is 208 g/mol. The molecular formula is C8H8ClF2NO. The largest absolute Gasteiger partial charge is 0.314 e. The molecule has 0 spiro atoms. The Labute approximate surface area is 79.3 Å². The number of hydrogen-bond acceptors (Lipinski definition) is 2. The molecular weight excluding hydrogens is 200 g/mol. The quantitative estimate of drug-likeness (QED) is 0.595. The van der Waals surface area contributed by atoms with Gasteiger partial charge in [-0.3, -0.25) is 0 Å². The van der Waals surface area contributed by atoms with E-state index in [0.717, 1.165) is 17.2 Å². The summed E-state index contributed by atoms with van der Waals surface area (Å²) in [6, 6.07) is 2.16. The first-order chi connectivity index (χ1) is 6.00. The van der Waals surface area contributed by atoms with Gasteiger partial charge < -0.3 is 5.21 Å². The van der Waals surface area contributed by atoms with Crippen LogP contribution < -0.4 is 0 Å². The molecule has 0 aliphatic rings. The predicted molar refractivity (Wildman–Crippen MR) is 44.6 cm³/mol. The Kier molecular flexibility index (Phi) is 3.19. The van der Waals surface area contributed by atoms with E-state index in [-0.39, 0.29) is 6.54 Å². The lowest BCUT2D eigenvalue weighted by molar-refractivity contribution is -0.0732. The molecule has 0 aliphatic carbocycles. The zero-order valence-electron chi connectivity index (χ0n) is 6.89. The van der Waals surface area contributed by atoms with E-state index in [4.69, 9.17) is 16.8 Å². The maximum Gasteiger partial charge on any atom is 0.145 e. The first-order valence-electron chi connectivity index (χ1n) is 3.54. The van der Waals surface area contributed by atoms with E-state index in [2.05, 4.69) is 0 Å². The Bertz CT molecular complexity index is 294. The highest BCUT2D eigenvalue weighted by molar-refractivity contribution is 6.30. The number of benzene rings is 1. The Morgan fingerprint density at radius 1 is 1.38 bits per heavy atom. The van der Waals surface area contributed by atoms with Gasteiger partial charge in [0, 0.05) is 13.6 Å². The highest BCUT2D eigenvalue weighted by Crippen LogP contribution is 2.20. The fourth-order valence-electron chi connectivity index (χ4n) is 0.964. The van der Waals surface area contributed by atoms with Gasteiger partial charge in [0.25, 0.3) is 0 Å².